The minimum atomic E-state index is -3.90. The number of nitrogens with one attached hydrogen (secondary N) is 1. The van der Waals surface area contributed by atoms with Crippen molar-refractivity contribution in [3.05, 3.63) is 63.7 Å². The first-order valence-corrected chi connectivity index (χ1v) is 11.5. The number of carbonyl (C=O) groups excluding carboxylic acids is 1. The van der Waals surface area contributed by atoms with Gasteiger partial charge in [0.25, 0.3) is 5.69 Å². The van der Waals surface area contributed by atoms with Crippen LogP contribution in [-0.2, 0) is 14.8 Å². The standard InChI is InChI=1S/C21H27N3O5S/c1-6-19(21(25)22-17-10-8-16(9-11-17)14(2)3)23(30(5,28)29)20-13-18(24(26)27)12-7-15(20)4/h7-14,19H,6H2,1-5H3,(H,22,25)/t19-/m1/s1. The van der Waals surface area contributed by atoms with Gasteiger partial charge in [0.05, 0.1) is 16.9 Å². The maximum atomic E-state index is 13.0. The molecule has 30 heavy (non-hydrogen) atoms. The van der Waals surface area contributed by atoms with E-state index in [0.717, 1.165) is 16.1 Å². The van der Waals surface area contributed by atoms with Crippen molar-refractivity contribution in [1.29, 1.82) is 0 Å². The molecular weight excluding hydrogens is 406 g/mol. The third-order valence-corrected chi connectivity index (χ3v) is 5.98. The summed E-state index contributed by atoms with van der Waals surface area (Å²) < 4.78 is 26.2. The van der Waals surface area contributed by atoms with E-state index in [1.165, 1.54) is 18.2 Å². The first kappa shape index (κ1) is 23.3. The number of nitro groups is 1. The first-order valence-electron chi connectivity index (χ1n) is 9.61. The number of benzene rings is 2. The number of nitro benzene ring substituents is 1. The van der Waals surface area contributed by atoms with E-state index < -0.39 is 26.9 Å². The van der Waals surface area contributed by atoms with Crippen molar-refractivity contribution >= 4 is 33.0 Å². The topological polar surface area (TPSA) is 110 Å². The van der Waals surface area contributed by atoms with Crippen LogP contribution in [0.4, 0.5) is 17.1 Å². The summed E-state index contributed by atoms with van der Waals surface area (Å²) in [5, 5.41) is 13.9. The lowest BCUT2D eigenvalue weighted by molar-refractivity contribution is -0.384. The summed E-state index contributed by atoms with van der Waals surface area (Å²) in [7, 11) is -3.90. The highest BCUT2D eigenvalue weighted by Gasteiger charge is 2.33. The van der Waals surface area contributed by atoms with Crippen LogP contribution in [0.25, 0.3) is 0 Å². The molecule has 1 N–H and O–H groups in total. The van der Waals surface area contributed by atoms with Gasteiger partial charge in [-0.1, -0.05) is 39.0 Å². The number of sulfonamides is 1. The predicted molar refractivity (Wildman–Crippen MR) is 118 cm³/mol. The van der Waals surface area contributed by atoms with E-state index in [2.05, 4.69) is 19.2 Å². The highest BCUT2D eigenvalue weighted by Crippen LogP contribution is 2.30. The Kier molecular flexibility index (Phi) is 7.20. The Labute approximate surface area is 177 Å². The third-order valence-electron chi connectivity index (χ3n) is 4.82. The molecule has 2 aromatic carbocycles. The summed E-state index contributed by atoms with van der Waals surface area (Å²) in [6.07, 6.45) is 1.17. The Balaban J connectivity index is 2.43. The number of anilines is 2. The van der Waals surface area contributed by atoms with E-state index in [0.29, 0.717) is 17.2 Å². The molecule has 9 heteroatoms. The Bertz CT molecular complexity index is 1030. The maximum absolute atomic E-state index is 13.0. The molecule has 0 bridgehead atoms. The second kappa shape index (κ2) is 9.25. The van der Waals surface area contributed by atoms with Crippen LogP contribution in [-0.4, -0.2) is 31.5 Å². The molecule has 0 aromatic heterocycles. The summed E-state index contributed by atoms with van der Waals surface area (Å²) in [5.41, 5.74) is 2.04. The fraction of sp³-hybridized carbons (Fsp3) is 0.381. The van der Waals surface area contributed by atoms with Crippen LogP contribution in [0.5, 0.6) is 0 Å². The van der Waals surface area contributed by atoms with E-state index in [1.807, 2.05) is 12.1 Å². The zero-order chi connectivity index (χ0) is 22.6. The second-order valence-corrected chi connectivity index (χ2v) is 9.34. The molecule has 1 atom stereocenters. The van der Waals surface area contributed by atoms with Gasteiger partial charge in [0, 0.05) is 17.8 Å². The molecule has 0 aliphatic carbocycles. The molecule has 2 aromatic rings. The average Bonchev–Trinajstić information content (AvgIpc) is 2.66. The summed E-state index contributed by atoms with van der Waals surface area (Å²) in [5.74, 6) is -0.165. The number of aryl methyl sites for hydroxylation is 1. The van der Waals surface area contributed by atoms with E-state index >= 15 is 0 Å². The smallest absolute Gasteiger partial charge is 0.271 e. The summed E-state index contributed by atoms with van der Waals surface area (Å²) in [6.45, 7) is 7.46. The Morgan fingerprint density at radius 1 is 1.17 bits per heavy atom. The number of carbonyl (C=O) groups is 1. The molecule has 0 fully saturated rings. The molecule has 0 heterocycles. The van der Waals surface area contributed by atoms with Crippen molar-refractivity contribution in [3.8, 4) is 0 Å². The van der Waals surface area contributed by atoms with Crippen molar-refractivity contribution in [2.75, 3.05) is 15.9 Å². The Hall–Kier alpha value is -2.94. The Morgan fingerprint density at radius 2 is 1.77 bits per heavy atom. The van der Waals surface area contributed by atoms with Crippen LogP contribution in [0.15, 0.2) is 42.5 Å². The van der Waals surface area contributed by atoms with Crippen LogP contribution in [0.3, 0.4) is 0 Å². The molecule has 2 rings (SSSR count). The van der Waals surface area contributed by atoms with Crippen molar-refractivity contribution in [1.82, 2.24) is 0 Å². The molecule has 0 aliphatic heterocycles. The third kappa shape index (κ3) is 5.35. The molecule has 0 saturated carbocycles. The number of amides is 1. The van der Waals surface area contributed by atoms with Gasteiger partial charge in [-0.15, -0.1) is 0 Å². The number of nitrogens with zero attached hydrogens (tertiary/aromatic N) is 2. The zero-order valence-corrected chi connectivity index (χ0v) is 18.6. The lowest BCUT2D eigenvalue weighted by Crippen LogP contribution is -2.47. The average molecular weight is 434 g/mol. The molecule has 0 radical (unpaired) electrons. The summed E-state index contributed by atoms with van der Waals surface area (Å²) in [6, 6.07) is 10.2. The number of rotatable bonds is 8. The van der Waals surface area contributed by atoms with E-state index in [-0.39, 0.29) is 17.8 Å². The predicted octanol–water partition coefficient (Wildman–Crippen LogP) is 4.21. The zero-order valence-electron chi connectivity index (χ0n) is 17.7. The van der Waals surface area contributed by atoms with Gasteiger partial charge in [0.2, 0.25) is 15.9 Å². The van der Waals surface area contributed by atoms with Crippen LogP contribution in [0.2, 0.25) is 0 Å². The fourth-order valence-electron chi connectivity index (χ4n) is 3.16. The van der Waals surface area contributed by atoms with Crippen molar-refractivity contribution < 1.29 is 18.1 Å². The SMILES string of the molecule is CC[C@H](C(=O)Nc1ccc(C(C)C)cc1)N(c1cc([N+](=O)[O-])ccc1C)S(C)(=O)=O. The second-order valence-electron chi connectivity index (χ2n) is 7.48. The van der Waals surface area contributed by atoms with Gasteiger partial charge in [-0.05, 0) is 42.5 Å². The molecule has 0 unspecified atom stereocenters. The monoisotopic (exact) mass is 433 g/mol. The summed E-state index contributed by atoms with van der Waals surface area (Å²) in [4.78, 5) is 23.6. The molecule has 0 saturated heterocycles. The van der Waals surface area contributed by atoms with Gasteiger partial charge >= 0.3 is 0 Å². The molecule has 0 aliphatic rings. The Morgan fingerprint density at radius 3 is 2.23 bits per heavy atom. The normalized spacial score (nSPS) is 12.5. The highest BCUT2D eigenvalue weighted by atomic mass is 32.2. The molecule has 1 amide bonds. The van der Waals surface area contributed by atoms with E-state index in [4.69, 9.17) is 0 Å². The van der Waals surface area contributed by atoms with Crippen LogP contribution >= 0.6 is 0 Å². The number of hydrogen-bond donors (Lipinski definition) is 1. The van der Waals surface area contributed by atoms with Gasteiger partial charge < -0.3 is 5.32 Å². The minimum Gasteiger partial charge on any atom is -0.324 e. The fourth-order valence-corrected chi connectivity index (χ4v) is 4.42. The molecular formula is C21H27N3O5S. The van der Waals surface area contributed by atoms with Gasteiger partial charge in [0.15, 0.2) is 0 Å². The van der Waals surface area contributed by atoms with E-state index in [1.54, 1.807) is 26.0 Å². The van der Waals surface area contributed by atoms with Gasteiger partial charge in [-0.3, -0.25) is 19.2 Å². The van der Waals surface area contributed by atoms with Crippen molar-refractivity contribution in [3.63, 3.8) is 0 Å². The van der Waals surface area contributed by atoms with E-state index in [9.17, 15) is 23.3 Å². The largest absolute Gasteiger partial charge is 0.324 e. The lowest BCUT2D eigenvalue weighted by Gasteiger charge is -2.31. The number of hydrogen-bond acceptors (Lipinski definition) is 5. The summed E-state index contributed by atoms with van der Waals surface area (Å²) >= 11 is 0. The molecule has 0 spiro atoms. The lowest BCUT2D eigenvalue weighted by atomic mass is 10.0. The number of non-ortho nitro benzene ring substituents is 1. The highest BCUT2D eigenvalue weighted by molar-refractivity contribution is 7.92. The van der Waals surface area contributed by atoms with Gasteiger partial charge in [-0.2, -0.15) is 0 Å². The maximum Gasteiger partial charge on any atom is 0.271 e. The minimum absolute atomic E-state index is 0.115. The van der Waals surface area contributed by atoms with Crippen LogP contribution in [0.1, 0.15) is 44.2 Å². The van der Waals surface area contributed by atoms with Crippen LogP contribution < -0.4 is 9.62 Å². The quantitative estimate of drug-likeness (QED) is 0.495. The molecule has 8 nitrogen and oxygen atoms in total. The van der Waals surface area contributed by atoms with Crippen molar-refractivity contribution in [2.24, 2.45) is 0 Å². The first-order chi connectivity index (χ1) is 14.0. The van der Waals surface area contributed by atoms with Gasteiger partial charge in [0.1, 0.15) is 6.04 Å². The van der Waals surface area contributed by atoms with Crippen LogP contribution in [0, 0.1) is 17.0 Å². The van der Waals surface area contributed by atoms with Gasteiger partial charge in [-0.25, -0.2) is 8.42 Å². The van der Waals surface area contributed by atoms with Crippen molar-refractivity contribution in [2.45, 2.75) is 46.1 Å². The molecule has 162 valence electrons.